The first-order valence-electron chi connectivity index (χ1n) is 11.3. The zero-order valence-corrected chi connectivity index (χ0v) is 26.1. The summed E-state index contributed by atoms with van der Waals surface area (Å²) in [5.74, 6) is -0.491. The first-order valence-corrected chi connectivity index (χ1v) is 14.0. The summed E-state index contributed by atoms with van der Waals surface area (Å²) in [5, 5.41) is 3.52. The minimum atomic E-state index is -2.88. The van der Waals surface area contributed by atoms with E-state index in [9.17, 15) is 8.78 Å². The second-order valence-electron chi connectivity index (χ2n) is 9.39. The van der Waals surface area contributed by atoms with Crippen LogP contribution in [-0.4, -0.2) is 8.07 Å². The monoisotopic (exact) mass is 596 g/mol. The number of rotatable bonds is 4. The number of aryl methyl sites for hydroxylation is 2. The van der Waals surface area contributed by atoms with E-state index >= 15 is 0 Å². The quantitative estimate of drug-likeness (QED) is 0.222. The molecule has 0 unspecified atom stereocenters. The van der Waals surface area contributed by atoms with E-state index in [1.54, 1.807) is 24.3 Å². The normalized spacial score (nSPS) is 14.7. The van der Waals surface area contributed by atoms with Crippen molar-refractivity contribution in [3.8, 4) is 0 Å². The van der Waals surface area contributed by atoms with E-state index in [2.05, 4.69) is 80.2 Å². The van der Waals surface area contributed by atoms with E-state index in [-0.39, 0.29) is 52.2 Å². The second kappa shape index (κ2) is 12.1. The molecule has 0 atom stereocenters. The third-order valence-corrected chi connectivity index (χ3v) is 15.9. The van der Waals surface area contributed by atoms with Crippen molar-refractivity contribution in [2.24, 2.45) is 0 Å². The van der Waals surface area contributed by atoms with Crippen molar-refractivity contribution >= 4 is 23.6 Å². The van der Waals surface area contributed by atoms with Gasteiger partial charge in [-0.2, -0.15) is 0 Å². The summed E-state index contributed by atoms with van der Waals surface area (Å²) in [7, 11) is -2.88. The minimum Gasteiger partial charge on any atom is -1.00 e. The molecule has 0 bridgehead atoms. The fourth-order valence-corrected chi connectivity index (χ4v) is 14.3. The third kappa shape index (κ3) is 4.96. The number of halogens is 5. The largest absolute Gasteiger partial charge is 1.00 e. The molecule has 0 fully saturated rings. The maximum atomic E-state index is 14.2. The molecule has 7 heteroatoms. The van der Waals surface area contributed by atoms with Crippen LogP contribution in [0.1, 0.15) is 38.8 Å². The number of allylic oxidation sites excluding steroid dienone is 4. The predicted molar refractivity (Wildman–Crippen MR) is 133 cm³/mol. The summed E-state index contributed by atoms with van der Waals surface area (Å²) < 4.78 is 28.0. The van der Waals surface area contributed by atoms with Crippen molar-refractivity contribution in [2.45, 2.75) is 44.9 Å². The number of hydrogen-bond acceptors (Lipinski definition) is 0. The molecule has 4 rings (SSSR count). The molecule has 0 saturated heterocycles. The van der Waals surface area contributed by atoms with Gasteiger partial charge in [0.05, 0.1) is 0 Å². The molecule has 3 aromatic carbocycles. The number of benzene rings is 3. The van der Waals surface area contributed by atoms with Crippen LogP contribution >= 0.6 is 0 Å². The number of hydrogen-bond donors (Lipinski definition) is 0. The van der Waals surface area contributed by atoms with Gasteiger partial charge < -0.3 is 37.2 Å². The van der Waals surface area contributed by atoms with Gasteiger partial charge in [-0.1, -0.05) is 0 Å². The van der Waals surface area contributed by atoms with Gasteiger partial charge in [0.1, 0.15) is 0 Å². The van der Waals surface area contributed by atoms with Gasteiger partial charge in [0.25, 0.3) is 0 Å². The van der Waals surface area contributed by atoms with Crippen LogP contribution in [0.5, 0.6) is 0 Å². The Balaban J connectivity index is 0.00000216. The molecule has 0 saturated carbocycles. The molecule has 0 nitrogen and oxygen atoms in total. The van der Waals surface area contributed by atoms with E-state index in [4.69, 9.17) is 0 Å². The zero-order chi connectivity index (χ0) is 24.1. The summed E-state index contributed by atoms with van der Waals surface area (Å²) in [6, 6.07) is 20.9. The molecule has 0 spiro atoms. The molecule has 0 amide bonds. The van der Waals surface area contributed by atoms with Crippen LogP contribution in [0.4, 0.5) is 8.78 Å². The smallest absolute Gasteiger partial charge is 1.00 e. The van der Waals surface area contributed by atoms with Gasteiger partial charge in [-0.15, -0.1) is 0 Å². The molecular formula is C29H29Cl3F2SiTi. The fourth-order valence-electron chi connectivity index (χ4n) is 5.71. The molecule has 0 aliphatic heterocycles. The SMILES string of the molecule is CC1=C(C)[C]([Ti+3])([Si](c2ccc(F)cc2)(c2ccc(F)cc2)c2cc(C)cc(C)c2)C(C)=C1C.[Cl-].[Cl-].[Cl-]. The Morgan fingerprint density at radius 2 is 0.889 bits per heavy atom. The maximum absolute atomic E-state index is 14.2. The summed E-state index contributed by atoms with van der Waals surface area (Å²) in [6.45, 7) is 13.2. The molecule has 0 radical (unpaired) electrons. The van der Waals surface area contributed by atoms with Crippen LogP contribution < -0.4 is 52.8 Å². The second-order valence-corrected chi connectivity index (χ2v) is 15.3. The van der Waals surface area contributed by atoms with E-state index in [0.29, 0.717) is 0 Å². The molecule has 3 aromatic rings. The molecule has 0 aromatic heterocycles. The average molecular weight is 598 g/mol. The van der Waals surface area contributed by atoms with E-state index in [1.807, 2.05) is 24.3 Å². The molecule has 1 aliphatic rings. The van der Waals surface area contributed by atoms with E-state index in [1.165, 1.54) is 38.6 Å². The summed E-state index contributed by atoms with van der Waals surface area (Å²) in [5.41, 5.74) is 7.73. The van der Waals surface area contributed by atoms with Gasteiger partial charge in [-0.05, 0) is 0 Å². The first kappa shape index (κ1) is 32.8. The Morgan fingerprint density at radius 3 is 1.22 bits per heavy atom. The van der Waals surface area contributed by atoms with Crippen LogP contribution in [0, 0.1) is 25.5 Å². The zero-order valence-electron chi connectivity index (χ0n) is 21.2. The molecule has 0 heterocycles. The fraction of sp³-hybridized carbons (Fsp3) is 0.241. The van der Waals surface area contributed by atoms with Gasteiger partial charge in [-0.3, -0.25) is 0 Å². The van der Waals surface area contributed by atoms with E-state index in [0.717, 1.165) is 10.4 Å². The van der Waals surface area contributed by atoms with Crippen LogP contribution in [0.2, 0.25) is 3.34 Å². The predicted octanol–water partition coefficient (Wildman–Crippen LogP) is -3.01. The average Bonchev–Trinajstić information content (AvgIpc) is 2.92. The van der Waals surface area contributed by atoms with Crippen molar-refractivity contribution in [1.29, 1.82) is 0 Å². The van der Waals surface area contributed by atoms with E-state index < -0.39 is 8.07 Å². The van der Waals surface area contributed by atoms with Crippen LogP contribution in [0.3, 0.4) is 0 Å². The molecule has 36 heavy (non-hydrogen) atoms. The van der Waals surface area contributed by atoms with Gasteiger partial charge in [0.15, 0.2) is 0 Å². The Morgan fingerprint density at radius 1 is 0.556 bits per heavy atom. The van der Waals surface area contributed by atoms with Crippen molar-refractivity contribution < 1.29 is 66.4 Å². The van der Waals surface area contributed by atoms with Gasteiger partial charge >= 0.3 is 210 Å². The van der Waals surface area contributed by atoms with Crippen molar-refractivity contribution in [3.63, 3.8) is 0 Å². The van der Waals surface area contributed by atoms with Crippen LogP contribution in [-0.2, 0) is 20.4 Å². The van der Waals surface area contributed by atoms with Crippen molar-refractivity contribution in [1.82, 2.24) is 0 Å². The molecule has 188 valence electrons. The van der Waals surface area contributed by atoms with Gasteiger partial charge in [-0.25, -0.2) is 0 Å². The van der Waals surface area contributed by atoms with Gasteiger partial charge in [0, 0.05) is 0 Å². The molecular weight excluding hydrogens is 569 g/mol. The Labute approximate surface area is 245 Å². The maximum Gasteiger partial charge on any atom is -1.00 e. The van der Waals surface area contributed by atoms with Crippen molar-refractivity contribution in [3.05, 3.63) is 112 Å². The minimum absolute atomic E-state index is 0. The van der Waals surface area contributed by atoms with Crippen LogP contribution in [0.25, 0.3) is 0 Å². The standard InChI is InChI=1S/C29H29F2Si.3ClH.Ti/c1-18-15-19(2)17-28(16-18)32(26-11-7-24(30)8-12-26,27-13-9-25(31)10-14-27)29-22(5)20(3)21(4)23(29)6;;;;/h7-17H,1-6H3;3*1H;/q;;;;+3/p-3. The summed E-state index contributed by atoms with van der Waals surface area (Å²) in [6.07, 6.45) is 0. The van der Waals surface area contributed by atoms with Gasteiger partial charge in [0.2, 0.25) is 0 Å². The molecule has 0 N–H and O–H groups in total. The Bertz CT molecular complexity index is 1210. The topological polar surface area (TPSA) is 0 Å². The third-order valence-electron chi connectivity index (χ3n) is 7.58. The Hall–Kier alpha value is -1.20. The summed E-state index contributed by atoms with van der Waals surface area (Å²) >= 11 is 2.36. The first-order chi connectivity index (χ1) is 15.5. The Kier molecular flexibility index (Phi) is 11.0. The molecule has 1 aliphatic carbocycles. The summed E-state index contributed by atoms with van der Waals surface area (Å²) in [4.78, 5) is 0. The van der Waals surface area contributed by atoms with Crippen LogP contribution in [0.15, 0.2) is 89.0 Å². The van der Waals surface area contributed by atoms with Crippen molar-refractivity contribution in [2.75, 3.05) is 0 Å².